The van der Waals surface area contributed by atoms with Gasteiger partial charge in [0, 0.05) is 15.4 Å². The van der Waals surface area contributed by atoms with Crippen LogP contribution in [0, 0.1) is 0 Å². The summed E-state index contributed by atoms with van der Waals surface area (Å²) in [7, 11) is 0. The largest absolute Gasteiger partial charge is 0.383 e. The minimum atomic E-state index is 0.568. The van der Waals surface area contributed by atoms with E-state index in [0.29, 0.717) is 5.82 Å². The summed E-state index contributed by atoms with van der Waals surface area (Å²) in [5.41, 5.74) is 7.99. The molecule has 1 heterocycles. The summed E-state index contributed by atoms with van der Waals surface area (Å²) in [6, 6.07) is 18.1. The molecule has 0 spiro atoms. The van der Waals surface area contributed by atoms with E-state index in [0.717, 1.165) is 26.5 Å². The van der Waals surface area contributed by atoms with E-state index in [-0.39, 0.29) is 0 Å². The van der Waals surface area contributed by atoms with Gasteiger partial charge in [-0.05, 0) is 29.7 Å². The predicted molar refractivity (Wildman–Crippen MR) is 79.3 cm³/mol. The SMILES string of the molecule is Nc1nc(-c2ccccc2)cc2cc(Br)ccc12. The van der Waals surface area contributed by atoms with Crippen molar-refractivity contribution in [3.8, 4) is 11.3 Å². The number of benzene rings is 2. The zero-order valence-electron chi connectivity index (χ0n) is 9.60. The van der Waals surface area contributed by atoms with E-state index in [1.54, 1.807) is 0 Å². The molecule has 2 nitrogen and oxygen atoms in total. The first-order valence-electron chi connectivity index (χ1n) is 5.65. The van der Waals surface area contributed by atoms with Gasteiger partial charge >= 0.3 is 0 Å². The summed E-state index contributed by atoms with van der Waals surface area (Å²) in [5.74, 6) is 0.568. The molecule has 0 unspecified atom stereocenters. The number of hydrogen-bond donors (Lipinski definition) is 1. The fraction of sp³-hybridized carbons (Fsp3) is 0. The van der Waals surface area contributed by atoms with Crippen LogP contribution in [0.2, 0.25) is 0 Å². The van der Waals surface area contributed by atoms with Crippen LogP contribution in [0.15, 0.2) is 59.1 Å². The highest BCUT2D eigenvalue weighted by Crippen LogP contribution is 2.28. The first-order chi connectivity index (χ1) is 8.74. The minimum Gasteiger partial charge on any atom is -0.383 e. The Morgan fingerprint density at radius 2 is 1.72 bits per heavy atom. The smallest absolute Gasteiger partial charge is 0.131 e. The molecule has 0 bridgehead atoms. The van der Waals surface area contributed by atoms with Gasteiger partial charge in [0.05, 0.1) is 5.69 Å². The predicted octanol–water partition coefficient (Wildman–Crippen LogP) is 4.25. The molecule has 0 amide bonds. The van der Waals surface area contributed by atoms with Crippen LogP contribution in [0.4, 0.5) is 5.82 Å². The standard InChI is InChI=1S/C15H11BrN2/c16-12-6-7-13-11(8-12)9-14(18-15(13)17)10-4-2-1-3-5-10/h1-9H,(H2,17,18). The molecule has 0 saturated carbocycles. The third-order valence-electron chi connectivity index (χ3n) is 2.89. The lowest BCUT2D eigenvalue weighted by Crippen LogP contribution is -1.94. The molecule has 3 heteroatoms. The van der Waals surface area contributed by atoms with Gasteiger partial charge in [0.25, 0.3) is 0 Å². The van der Waals surface area contributed by atoms with Gasteiger partial charge in [0.1, 0.15) is 5.82 Å². The van der Waals surface area contributed by atoms with E-state index in [4.69, 9.17) is 5.73 Å². The van der Waals surface area contributed by atoms with Gasteiger partial charge in [-0.25, -0.2) is 4.98 Å². The zero-order valence-corrected chi connectivity index (χ0v) is 11.2. The summed E-state index contributed by atoms with van der Waals surface area (Å²) in [5, 5.41) is 2.08. The van der Waals surface area contributed by atoms with Crippen LogP contribution in [0.3, 0.4) is 0 Å². The third-order valence-corrected chi connectivity index (χ3v) is 3.39. The van der Waals surface area contributed by atoms with Crippen molar-refractivity contribution in [1.82, 2.24) is 4.98 Å². The number of aromatic nitrogens is 1. The van der Waals surface area contributed by atoms with E-state index in [2.05, 4.69) is 33.0 Å². The molecular weight excluding hydrogens is 288 g/mol. The minimum absolute atomic E-state index is 0.568. The van der Waals surface area contributed by atoms with Crippen molar-refractivity contribution in [2.75, 3.05) is 5.73 Å². The van der Waals surface area contributed by atoms with Crippen LogP contribution in [0.25, 0.3) is 22.0 Å². The average molecular weight is 299 g/mol. The Kier molecular flexibility index (Phi) is 2.76. The van der Waals surface area contributed by atoms with Crippen LogP contribution >= 0.6 is 15.9 Å². The monoisotopic (exact) mass is 298 g/mol. The van der Waals surface area contributed by atoms with E-state index in [9.17, 15) is 0 Å². The lowest BCUT2D eigenvalue weighted by molar-refractivity contribution is 1.36. The zero-order chi connectivity index (χ0) is 12.5. The van der Waals surface area contributed by atoms with Crippen molar-refractivity contribution >= 4 is 32.5 Å². The fourth-order valence-electron chi connectivity index (χ4n) is 2.01. The van der Waals surface area contributed by atoms with Crippen molar-refractivity contribution in [2.45, 2.75) is 0 Å². The van der Waals surface area contributed by atoms with Gasteiger partial charge in [-0.15, -0.1) is 0 Å². The van der Waals surface area contributed by atoms with Crippen LogP contribution in [-0.2, 0) is 0 Å². The average Bonchev–Trinajstić information content (AvgIpc) is 2.39. The van der Waals surface area contributed by atoms with Crippen LogP contribution < -0.4 is 5.73 Å². The molecule has 3 aromatic rings. The van der Waals surface area contributed by atoms with Crippen molar-refractivity contribution in [1.29, 1.82) is 0 Å². The number of nitrogens with zero attached hydrogens (tertiary/aromatic N) is 1. The van der Waals surface area contributed by atoms with E-state index >= 15 is 0 Å². The molecule has 2 aromatic carbocycles. The van der Waals surface area contributed by atoms with Gasteiger partial charge in [0.15, 0.2) is 0 Å². The summed E-state index contributed by atoms with van der Waals surface area (Å²) >= 11 is 3.48. The Morgan fingerprint density at radius 3 is 2.50 bits per heavy atom. The maximum Gasteiger partial charge on any atom is 0.131 e. The highest BCUT2D eigenvalue weighted by atomic mass is 79.9. The number of hydrogen-bond acceptors (Lipinski definition) is 2. The fourth-order valence-corrected chi connectivity index (χ4v) is 2.39. The van der Waals surface area contributed by atoms with Crippen molar-refractivity contribution in [3.05, 3.63) is 59.1 Å². The topological polar surface area (TPSA) is 38.9 Å². The summed E-state index contributed by atoms with van der Waals surface area (Å²) < 4.78 is 1.04. The Labute approximate surface area is 114 Å². The summed E-state index contributed by atoms with van der Waals surface area (Å²) in [6.45, 7) is 0. The molecule has 0 aliphatic heterocycles. The maximum atomic E-state index is 6.02. The molecule has 0 aliphatic carbocycles. The number of anilines is 1. The van der Waals surface area contributed by atoms with Crippen LogP contribution in [0.5, 0.6) is 0 Å². The second-order valence-corrected chi connectivity index (χ2v) is 5.04. The number of fused-ring (bicyclic) bond motifs is 1. The Balaban J connectivity index is 2.27. The second kappa shape index (κ2) is 4.42. The lowest BCUT2D eigenvalue weighted by atomic mass is 10.1. The maximum absolute atomic E-state index is 6.02. The molecule has 2 N–H and O–H groups in total. The van der Waals surface area contributed by atoms with Gasteiger partial charge < -0.3 is 5.73 Å². The lowest BCUT2D eigenvalue weighted by Gasteiger charge is -2.06. The first-order valence-corrected chi connectivity index (χ1v) is 6.44. The summed E-state index contributed by atoms with van der Waals surface area (Å²) in [4.78, 5) is 4.46. The molecule has 3 rings (SSSR count). The molecule has 88 valence electrons. The molecule has 18 heavy (non-hydrogen) atoms. The number of halogens is 1. The second-order valence-electron chi connectivity index (χ2n) is 4.12. The Hall–Kier alpha value is -1.87. The molecular formula is C15H11BrN2. The number of nitrogen functional groups attached to an aromatic ring is 1. The van der Waals surface area contributed by atoms with Crippen molar-refractivity contribution < 1.29 is 0 Å². The number of rotatable bonds is 1. The molecule has 0 aliphatic rings. The molecule has 0 radical (unpaired) electrons. The van der Waals surface area contributed by atoms with Crippen LogP contribution in [-0.4, -0.2) is 4.98 Å². The van der Waals surface area contributed by atoms with Gasteiger partial charge in [-0.1, -0.05) is 46.3 Å². The molecule has 1 aromatic heterocycles. The van der Waals surface area contributed by atoms with Crippen molar-refractivity contribution in [2.24, 2.45) is 0 Å². The Morgan fingerprint density at radius 1 is 0.944 bits per heavy atom. The van der Waals surface area contributed by atoms with Gasteiger partial charge in [0.2, 0.25) is 0 Å². The first kappa shape index (κ1) is 11.2. The van der Waals surface area contributed by atoms with E-state index in [1.807, 2.05) is 42.5 Å². The quantitative estimate of drug-likeness (QED) is 0.729. The van der Waals surface area contributed by atoms with Crippen LogP contribution in [0.1, 0.15) is 0 Å². The molecule has 0 fully saturated rings. The highest BCUT2D eigenvalue weighted by Gasteiger charge is 2.05. The van der Waals surface area contributed by atoms with Gasteiger partial charge in [-0.2, -0.15) is 0 Å². The number of nitrogens with two attached hydrogens (primary N) is 1. The highest BCUT2D eigenvalue weighted by molar-refractivity contribution is 9.10. The summed E-state index contributed by atoms with van der Waals surface area (Å²) in [6.07, 6.45) is 0. The van der Waals surface area contributed by atoms with Gasteiger partial charge in [-0.3, -0.25) is 0 Å². The molecule has 0 atom stereocenters. The number of pyridine rings is 1. The molecule has 0 saturated heterocycles. The van der Waals surface area contributed by atoms with E-state index in [1.165, 1.54) is 0 Å². The van der Waals surface area contributed by atoms with E-state index < -0.39 is 0 Å². The third kappa shape index (κ3) is 1.97. The Bertz CT molecular complexity index is 708. The normalized spacial score (nSPS) is 10.7. The van der Waals surface area contributed by atoms with Crippen molar-refractivity contribution in [3.63, 3.8) is 0 Å².